The molecular formula is C14H23NO4. The van der Waals surface area contributed by atoms with Crippen LogP contribution in [0.3, 0.4) is 0 Å². The lowest BCUT2D eigenvalue weighted by Gasteiger charge is -2.30. The summed E-state index contributed by atoms with van der Waals surface area (Å²) >= 11 is 0. The summed E-state index contributed by atoms with van der Waals surface area (Å²) in [6.45, 7) is 1.53. The number of carbonyl (C=O) groups is 2. The third-order valence-corrected chi connectivity index (χ3v) is 4.27. The number of hydrogen-bond acceptors (Lipinski definition) is 3. The van der Waals surface area contributed by atoms with Gasteiger partial charge in [0, 0.05) is 13.1 Å². The first-order chi connectivity index (χ1) is 9.16. The van der Waals surface area contributed by atoms with E-state index < -0.39 is 5.97 Å². The van der Waals surface area contributed by atoms with Crippen molar-refractivity contribution in [1.82, 2.24) is 4.90 Å². The van der Waals surface area contributed by atoms with Crippen LogP contribution in [0.15, 0.2) is 0 Å². The predicted molar refractivity (Wildman–Crippen MR) is 69.9 cm³/mol. The van der Waals surface area contributed by atoms with E-state index >= 15 is 0 Å². The maximum Gasteiger partial charge on any atom is 0.409 e. The van der Waals surface area contributed by atoms with Crippen molar-refractivity contribution in [3.05, 3.63) is 0 Å². The third-order valence-electron chi connectivity index (χ3n) is 4.27. The molecule has 1 N–H and O–H groups in total. The standard InChI is InChI=1S/C14H23NO4/c16-13(17)12-6-8-15(9-7-12)14(18)19-10-11-4-2-1-3-5-11/h11-12H,1-10H2,(H,16,17). The van der Waals surface area contributed by atoms with Crippen LogP contribution >= 0.6 is 0 Å². The summed E-state index contributed by atoms with van der Waals surface area (Å²) in [5.74, 6) is -0.535. The molecule has 1 heterocycles. The van der Waals surface area contributed by atoms with Gasteiger partial charge in [-0.15, -0.1) is 0 Å². The quantitative estimate of drug-likeness (QED) is 0.854. The Bertz CT molecular complexity index is 317. The smallest absolute Gasteiger partial charge is 0.409 e. The van der Waals surface area contributed by atoms with E-state index in [4.69, 9.17) is 9.84 Å². The van der Waals surface area contributed by atoms with Crippen molar-refractivity contribution < 1.29 is 19.4 Å². The van der Waals surface area contributed by atoms with Crippen molar-refractivity contribution in [3.63, 3.8) is 0 Å². The molecule has 2 aliphatic rings. The molecule has 0 bridgehead atoms. The van der Waals surface area contributed by atoms with Crippen LogP contribution < -0.4 is 0 Å². The average molecular weight is 269 g/mol. The summed E-state index contributed by atoms with van der Waals surface area (Å²) in [6, 6.07) is 0. The first-order valence-corrected chi connectivity index (χ1v) is 7.31. The number of ether oxygens (including phenoxy) is 1. The van der Waals surface area contributed by atoms with E-state index in [0.717, 1.165) is 12.8 Å². The van der Waals surface area contributed by atoms with Crippen LogP contribution in [-0.4, -0.2) is 41.8 Å². The highest BCUT2D eigenvalue weighted by Gasteiger charge is 2.28. The molecule has 5 nitrogen and oxygen atoms in total. The summed E-state index contributed by atoms with van der Waals surface area (Å²) in [7, 11) is 0. The largest absolute Gasteiger partial charge is 0.481 e. The molecule has 0 atom stereocenters. The van der Waals surface area contributed by atoms with Gasteiger partial charge < -0.3 is 14.7 Å². The Balaban J connectivity index is 1.67. The molecule has 5 heteroatoms. The summed E-state index contributed by atoms with van der Waals surface area (Å²) < 4.78 is 5.36. The molecule has 0 aromatic heterocycles. The number of carboxylic acids is 1. The summed E-state index contributed by atoms with van der Waals surface area (Å²) in [6.07, 6.45) is 6.91. The number of piperidine rings is 1. The second kappa shape index (κ2) is 6.78. The highest BCUT2D eigenvalue weighted by atomic mass is 16.6. The fourth-order valence-electron chi connectivity index (χ4n) is 2.94. The van der Waals surface area contributed by atoms with E-state index in [1.807, 2.05) is 0 Å². The molecule has 1 saturated carbocycles. The van der Waals surface area contributed by atoms with E-state index in [1.54, 1.807) is 4.90 Å². The van der Waals surface area contributed by atoms with Gasteiger partial charge in [-0.3, -0.25) is 4.79 Å². The van der Waals surface area contributed by atoms with Gasteiger partial charge in [0.05, 0.1) is 12.5 Å². The number of aliphatic carboxylic acids is 1. The zero-order valence-electron chi connectivity index (χ0n) is 11.3. The summed E-state index contributed by atoms with van der Waals surface area (Å²) in [5, 5.41) is 8.90. The van der Waals surface area contributed by atoms with Gasteiger partial charge in [-0.1, -0.05) is 19.3 Å². The Labute approximate surface area is 113 Å². The van der Waals surface area contributed by atoms with E-state index in [-0.39, 0.29) is 12.0 Å². The highest BCUT2D eigenvalue weighted by Crippen LogP contribution is 2.24. The Morgan fingerprint density at radius 2 is 1.68 bits per heavy atom. The molecule has 0 unspecified atom stereocenters. The van der Waals surface area contributed by atoms with Crippen molar-refractivity contribution in [2.24, 2.45) is 11.8 Å². The molecule has 0 spiro atoms. The van der Waals surface area contributed by atoms with Gasteiger partial charge in [0.1, 0.15) is 0 Å². The number of carbonyl (C=O) groups excluding carboxylic acids is 1. The van der Waals surface area contributed by atoms with Gasteiger partial charge >= 0.3 is 12.1 Å². The first kappa shape index (κ1) is 14.2. The monoisotopic (exact) mass is 269 g/mol. The minimum Gasteiger partial charge on any atom is -0.481 e. The fraction of sp³-hybridized carbons (Fsp3) is 0.857. The number of amides is 1. The second-order valence-corrected chi connectivity index (χ2v) is 5.68. The maximum atomic E-state index is 11.9. The molecule has 0 aromatic carbocycles. The van der Waals surface area contributed by atoms with E-state index in [2.05, 4.69) is 0 Å². The zero-order valence-corrected chi connectivity index (χ0v) is 11.3. The van der Waals surface area contributed by atoms with Crippen LogP contribution in [0.25, 0.3) is 0 Å². The minimum atomic E-state index is -0.754. The molecule has 1 aliphatic heterocycles. The lowest BCUT2D eigenvalue weighted by atomic mass is 9.90. The molecular weight excluding hydrogens is 246 g/mol. The number of carboxylic acid groups (broad SMARTS) is 1. The SMILES string of the molecule is O=C(O)C1CCN(C(=O)OCC2CCCCC2)CC1. The van der Waals surface area contributed by atoms with E-state index in [9.17, 15) is 9.59 Å². The molecule has 1 amide bonds. The van der Waals surface area contributed by atoms with Crippen LogP contribution in [-0.2, 0) is 9.53 Å². The lowest BCUT2D eigenvalue weighted by molar-refractivity contribution is -0.143. The van der Waals surface area contributed by atoms with Gasteiger partial charge in [0.2, 0.25) is 0 Å². The Kier molecular flexibility index (Phi) is 5.05. The Morgan fingerprint density at radius 1 is 1.05 bits per heavy atom. The van der Waals surface area contributed by atoms with Gasteiger partial charge in [-0.25, -0.2) is 4.79 Å². The van der Waals surface area contributed by atoms with Gasteiger partial charge in [0.15, 0.2) is 0 Å². The predicted octanol–water partition coefficient (Wildman–Crippen LogP) is 2.50. The Hall–Kier alpha value is -1.26. The van der Waals surface area contributed by atoms with Crippen molar-refractivity contribution in [1.29, 1.82) is 0 Å². The topological polar surface area (TPSA) is 66.8 Å². The first-order valence-electron chi connectivity index (χ1n) is 7.31. The van der Waals surface area contributed by atoms with Crippen molar-refractivity contribution >= 4 is 12.1 Å². The molecule has 2 rings (SSSR count). The Morgan fingerprint density at radius 3 is 2.26 bits per heavy atom. The van der Waals surface area contributed by atoms with Gasteiger partial charge in [0.25, 0.3) is 0 Å². The number of hydrogen-bond donors (Lipinski definition) is 1. The fourth-order valence-corrected chi connectivity index (χ4v) is 2.94. The third kappa shape index (κ3) is 4.11. The maximum absolute atomic E-state index is 11.9. The second-order valence-electron chi connectivity index (χ2n) is 5.68. The lowest BCUT2D eigenvalue weighted by Crippen LogP contribution is -2.41. The van der Waals surface area contributed by atoms with E-state index in [0.29, 0.717) is 38.5 Å². The molecule has 108 valence electrons. The normalized spacial score (nSPS) is 22.2. The van der Waals surface area contributed by atoms with Crippen LogP contribution in [0.2, 0.25) is 0 Å². The number of nitrogens with zero attached hydrogens (tertiary/aromatic N) is 1. The number of likely N-dealkylation sites (tertiary alicyclic amines) is 1. The average Bonchev–Trinajstić information content (AvgIpc) is 2.46. The highest BCUT2D eigenvalue weighted by molar-refractivity contribution is 5.71. The molecule has 0 aromatic rings. The van der Waals surface area contributed by atoms with Crippen LogP contribution in [0.1, 0.15) is 44.9 Å². The molecule has 1 aliphatic carbocycles. The molecule has 2 fully saturated rings. The van der Waals surface area contributed by atoms with Gasteiger partial charge in [-0.2, -0.15) is 0 Å². The van der Waals surface area contributed by atoms with Crippen LogP contribution in [0, 0.1) is 11.8 Å². The molecule has 19 heavy (non-hydrogen) atoms. The molecule has 0 radical (unpaired) electrons. The van der Waals surface area contributed by atoms with Gasteiger partial charge in [-0.05, 0) is 31.6 Å². The summed E-state index contributed by atoms with van der Waals surface area (Å²) in [4.78, 5) is 24.3. The van der Waals surface area contributed by atoms with Crippen molar-refractivity contribution in [3.8, 4) is 0 Å². The minimum absolute atomic E-state index is 0.269. The molecule has 1 saturated heterocycles. The van der Waals surface area contributed by atoms with Crippen molar-refractivity contribution in [2.75, 3.05) is 19.7 Å². The van der Waals surface area contributed by atoms with Crippen molar-refractivity contribution in [2.45, 2.75) is 44.9 Å². The van der Waals surface area contributed by atoms with Crippen LogP contribution in [0.4, 0.5) is 4.79 Å². The number of rotatable bonds is 3. The zero-order chi connectivity index (χ0) is 13.7. The summed E-state index contributed by atoms with van der Waals surface area (Å²) in [5.41, 5.74) is 0. The van der Waals surface area contributed by atoms with Crippen LogP contribution in [0.5, 0.6) is 0 Å². The van der Waals surface area contributed by atoms with E-state index in [1.165, 1.54) is 19.3 Å².